The second-order valence-electron chi connectivity index (χ2n) is 5.65. The molecular weight excluding hydrogens is 330 g/mol. The minimum absolute atomic E-state index is 0. The van der Waals surface area contributed by atoms with Crippen molar-refractivity contribution >= 4 is 12.4 Å². The molecular formula is C18H30ClNO4. The fourth-order valence-corrected chi connectivity index (χ4v) is 2.61. The van der Waals surface area contributed by atoms with E-state index in [1.807, 2.05) is 6.07 Å². The van der Waals surface area contributed by atoms with Gasteiger partial charge in [-0.05, 0) is 24.1 Å². The van der Waals surface area contributed by atoms with Gasteiger partial charge in [0.15, 0.2) is 11.5 Å². The van der Waals surface area contributed by atoms with Crippen LogP contribution in [0.3, 0.4) is 0 Å². The largest absolute Gasteiger partial charge is 0.493 e. The third kappa shape index (κ3) is 7.26. The maximum atomic E-state index is 5.77. The van der Waals surface area contributed by atoms with Crippen LogP contribution in [0.15, 0.2) is 18.2 Å². The first-order valence-electron chi connectivity index (χ1n) is 8.51. The molecule has 1 aromatic rings. The van der Waals surface area contributed by atoms with Crippen molar-refractivity contribution in [1.29, 1.82) is 0 Å². The molecule has 0 N–H and O–H groups in total. The smallest absolute Gasteiger partial charge is 0.161 e. The zero-order valence-corrected chi connectivity index (χ0v) is 15.6. The quantitative estimate of drug-likeness (QED) is 0.601. The summed E-state index contributed by atoms with van der Waals surface area (Å²) >= 11 is 0. The second-order valence-corrected chi connectivity index (χ2v) is 5.65. The van der Waals surface area contributed by atoms with Crippen molar-refractivity contribution < 1.29 is 18.9 Å². The Bertz CT molecular complexity index is 453. The number of rotatable bonds is 10. The van der Waals surface area contributed by atoms with Crippen LogP contribution >= 0.6 is 12.4 Å². The van der Waals surface area contributed by atoms with Gasteiger partial charge in [0, 0.05) is 19.6 Å². The second kappa shape index (κ2) is 12.4. The molecule has 1 aliphatic rings. The van der Waals surface area contributed by atoms with E-state index >= 15 is 0 Å². The van der Waals surface area contributed by atoms with Crippen molar-refractivity contribution in [3.05, 3.63) is 23.8 Å². The lowest BCUT2D eigenvalue weighted by atomic mass is 10.1. The lowest BCUT2D eigenvalue weighted by molar-refractivity contribution is 0.0169. The Morgan fingerprint density at radius 3 is 2.58 bits per heavy atom. The van der Waals surface area contributed by atoms with E-state index < -0.39 is 0 Å². The first-order valence-corrected chi connectivity index (χ1v) is 8.51. The van der Waals surface area contributed by atoms with Gasteiger partial charge in [0.25, 0.3) is 0 Å². The Balaban J connectivity index is 0.00000288. The topological polar surface area (TPSA) is 40.2 Å². The average Bonchev–Trinajstić information content (AvgIpc) is 2.60. The Labute approximate surface area is 151 Å². The predicted octanol–water partition coefficient (Wildman–Crippen LogP) is 2.80. The molecule has 1 aromatic carbocycles. The first-order chi connectivity index (χ1) is 11.3. The van der Waals surface area contributed by atoms with E-state index in [-0.39, 0.29) is 12.4 Å². The molecule has 1 heterocycles. The Kier molecular flexibility index (Phi) is 10.8. The minimum Gasteiger partial charge on any atom is -0.493 e. The Hall–Kier alpha value is -1.01. The van der Waals surface area contributed by atoms with Gasteiger partial charge in [-0.2, -0.15) is 0 Å². The molecule has 24 heavy (non-hydrogen) atoms. The molecule has 2 rings (SSSR count). The molecule has 0 aromatic heterocycles. The zero-order valence-electron chi connectivity index (χ0n) is 14.8. The molecule has 138 valence electrons. The standard InChI is InChI=1S/C18H29NO4.ClH/c1-3-4-16-5-6-17(18(15-16)20-2)23-14-13-22-12-9-19-7-10-21-11-8-19;/h5-6,15H,3-4,7-14H2,1-2H3;1H. The predicted molar refractivity (Wildman–Crippen MR) is 97.8 cm³/mol. The monoisotopic (exact) mass is 359 g/mol. The Morgan fingerprint density at radius 1 is 1.08 bits per heavy atom. The number of halogens is 1. The van der Waals surface area contributed by atoms with Crippen molar-refractivity contribution in [3.8, 4) is 11.5 Å². The van der Waals surface area contributed by atoms with E-state index in [1.54, 1.807) is 7.11 Å². The summed E-state index contributed by atoms with van der Waals surface area (Å²) in [5, 5.41) is 0. The molecule has 0 saturated carbocycles. The van der Waals surface area contributed by atoms with Crippen LogP contribution in [0.5, 0.6) is 11.5 Å². The van der Waals surface area contributed by atoms with Crippen molar-refractivity contribution in [2.75, 3.05) is 59.8 Å². The summed E-state index contributed by atoms with van der Waals surface area (Å²) < 4.78 is 22.1. The average molecular weight is 360 g/mol. The van der Waals surface area contributed by atoms with Crippen molar-refractivity contribution in [3.63, 3.8) is 0 Å². The molecule has 0 atom stereocenters. The van der Waals surface area contributed by atoms with Crippen molar-refractivity contribution in [2.45, 2.75) is 19.8 Å². The molecule has 0 spiro atoms. The number of hydrogen-bond donors (Lipinski definition) is 0. The fraction of sp³-hybridized carbons (Fsp3) is 0.667. The SMILES string of the molecule is CCCc1ccc(OCCOCCN2CCOCC2)c(OC)c1.Cl. The van der Waals surface area contributed by atoms with Crippen molar-refractivity contribution in [1.82, 2.24) is 4.90 Å². The van der Waals surface area contributed by atoms with Gasteiger partial charge in [0.05, 0.1) is 33.5 Å². The summed E-state index contributed by atoms with van der Waals surface area (Å²) in [6, 6.07) is 6.14. The lowest BCUT2D eigenvalue weighted by Gasteiger charge is -2.26. The number of ether oxygens (including phenoxy) is 4. The van der Waals surface area contributed by atoms with Gasteiger partial charge in [0.2, 0.25) is 0 Å². The van der Waals surface area contributed by atoms with Crippen LogP contribution in [0, 0.1) is 0 Å². The van der Waals surface area contributed by atoms with Crippen LogP contribution in [-0.2, 0) is 15.9 Å². The minimum atomic E-state index is 0. The molecule has 1 saturated heterocycles. The maximum Gasteiger partial charge on any atom is 0.161 e. The van der Waals surface area contributed by atoms with Crippen LogP contribution < -0.4 is 9.47 Å². The maximum absolute atomic E-state index is 5.77. The van der Waals surface area contributed by atoms with E-state index in [1.165, 1.54) is 5.56 Å². The van der Waals surface area contributed by atoms with E-state index in [9.17, 15) is 0 Å². The van der Waals surface area contributed by atoms with E-state index in [0.717, 1.165) is 63.8 Å². The summed E-state index contributed by atoms with van der Waals surface area (Å²) in [5.74, 6) is 1.58. The third-order valence-electron chi connectivity index (χ3n) is 3.91. The highest BCUT2D eigenvalue weighted by Gasteiger charge is 2.09. The Morgan fingerprint density at radius 2 is 1.88 bits per heavy atom. The van der Waals surface area contributed by atoms with Gasteiger partial charge in [-0.15, -0.1) is 12.4 Å². The highest BCUT2D eigenvalue weighted by Crippen LogP contribution is 2.28. The summed E-state index contributed by atoms with van der Waals surface area (Å²) in [4.78, 5) is 2.36. The van der Waals surface area contributed by atoms with Gasteiger partial charge in [0.1, 0.15) is 6.61 Å². The molecule has 5 nitrogen and oxygen atoms in total. The van der Waals surface area contributed by atoms with Crippen LogP contribution in [0.1, 0.15) is 18.9 Å². The summed E-state index contributed by atoms with van der Waals surface area (Å²) in [6.45, 7) is 8.65. The third-order valence-corrected chi connectivity index (χ3v) is 3.91. The highest BCUT2D eigenvalue weighted by molar-refractivity contribution is 5.85. The lowest BCUT2D eigenvalue weighted by Crippen LogP contribution is -2.38. The molecule has 0 aliphatic carbocycles. The highest BCUT2D eigenvalue weighted by atomic mass is 35.5. The van der Waals surface area contributed by atoms with Crippen LogP contribution in [0.4, 0.5) is 0 Å². The van der Waals surface area contributed by atoms with Gasteiger partial charge in [-0.1, -0.05) is 19.4 Å². The fourth-order valence-electron chi connectivity index (χ4n) is 2.61. The summed E-state index contributed by atoms with van der Waals surface area (Å²) in [6.07, 6.45) is 2.18. The molecule has 1 aliphatic heterocycles. The number of hydrogen-bond acceptors (Lipinski definition) is 5. The van der Waals surface area contributed by atoms with Gasteiger partial charge < -0.3 is 18.9 Å². The number of nitrogens with zero attached hydrogens (tertiary/aromatic N) is 1. The van der Waals surface area contributed by atoms with Crippen LogP contribution in [-0.4, -0.2) is 64.7 Å². The number of aryl methyl sites for hydroxylation is 1. The van der Waals surface area contributed by atoms with Crippen LogP contribution in [0.25, 0.3) is 0 Å². The number of benzene rings is 1. The summed E-state index contributed by atoms with van der Waals surface area (Å²) in [7, 11) is 1.68. The molecule has 0 radical (unpaired) electrons. The molecule has 6 heteroatoms. The number of methoxy groups -OCH3 is 1. The summed E-state index contributed by atoms with van der Waals surface area (Å²) in [5.41, 5.74) is 1.28. The zero-order chi connectivity index (χ0) is 16.3. The molecule has 1 fully saturated rings. The van der Waals surface area contributed by atoms with Crippen molar-refractivity contribution in [2.24, 2.45) is 0 Å². The van der Waals surface area contributed by atoms with E-state index in [2.05, 4.69) is 24.0 Å². The number of morpholine rings is 1. The van der Waals surface area contributed by atoms with Gasteiger partial charge >= 0.3 is 0 Å². The normalized spacial score (nSPS) is 14.9. The molecule has 0 amide bonds. The van der Waals surface area contributed by atoms with Crippen LogP contribution in [0.2, 0.25) is 0 Å². The van der Waals surface area contributed by atoms with E-state index in [0.29, 0.717) is 13.2 Å². The van der Waals surface area contributed by atoms with Gasteiger partial charge in [-0.3, -0.25) is 4.90 Å². The molecule has 0 bridgehead atoms. The first kappa shape index (κ1) is 21.0. The van der Waals surface area contributed by atoms with E-state index in [4.69, 9.17) is 18.9 Å². The van der Waals surface area contributed by atoms with Gasteiger partial charge in [-0.25, -0.2) is 0 Å². The molecule has 0 unspecified atom stereocenters.